The van der Waals surface area contributed by atoms with E-state index in [9.17, 15) is 14.7 Å². The van der Waals surface area contributed by atoms with Crippen LogP contribution in [0, 0.1) is 0 Å². The third kappa shape index (κ3) is 4.22. The molecule has 0 fully saturated rings. The van der Waals surface area contributed by atoms with Gasteiger partial charge in [-0.05, 0) is 18.6 Å². The van der Waals surface area contributed by atoms with Crippen LogP contribution in [0.15, 0.2) is 24.3 Å². The minimum Gasteiger partial charge on any atom is -0.550 e. The molecule has 1 aromatic heterocycles. The van der Waals surface area contributed by atoms with Gasteiger partial charge in [-0.15, -0.1) is 0 Å². The summed E-state index contributed by atoms with van der Waals surface area (Å²) in [5, 5.41) is 10.3. The molecule has 0 aliphatic carbocycles. The number of hydrogen-bond donors (Lipinski definition) is 0. The van der Waals surface area contributed by atoms with Gasteiger partial charge in [0, 0.05) is 19.4 Å². The molecule has 0 unspecified atom stereocenters. The summed E-state index contributed by atoms with van der Waals surface area (Å²) in [6, 6.07) is 7.60. The van der Waals surface area contributed by atoms with Crippen molar-refractivity contribution in [2.75, 3.05) is 0 Å². The summed E-state index contributed by atoms with van der Waals surface area (Å²) >= 11 is 0. The standard InChI is InChI=1S/C13H14N2O3.K/c1-15-11-5-3-2-4-10(11)14-12(15)8-9(16)6-7-13(17)18;/h2-5H,6-8H2,1H3,(H,17,18);/q;+1/p-1. The van der Waals surface area contributed by atoms with Crippen LogP contribution in [0.5, 0.6) is 0 Å². The zero-order valence-electron chi connectivity index (χ0n) is 11.0. The molecule has 0 bridgehead atoms. The second kappa shape index (κ2) is 7.30. The third-order valence-corrected chi connectivity index (χ3v) is 2.84. The van der Waals surface area contributed by atoms with Crippen LogP contribution in [0.1, 0.15) is 18.7 Å². The van der Waals surface area contributed by atoms with Gasteiger partial charge in [-0.2, -0.15) is 0 Å². The monoisotopic (exact) mass is 284 g/mol. The van der Waals surface area contributed by atoms with Gasteiger partial charge in [-0.1, -0.05) is 12.1 Å². The van der Waals surface area contributed by atoms with E-state index in [1.54, 1.807) is 0 Å². The van der Waals surface area contributed by atoms with E-state index in [0.717, 1.165) is 11.0 Å². The number of rotatable bonds is 5. The molecule has 0 saturated heterocycles. The number of carbonyl (C=O) groups excluding carboxylic acids is 2. The van der Waals surface area contributed by atoms with Gasteiger partial charge in [0.2, 0.25) is 0 Å². The van der Waals surface area contributed by atoms with Crippen molar-refractivity contribution in [1.29, 1.82) is 0 Å². The van der Waals surface area contributed by atoms with Gasteiger partial charge < -0.3 is 14.5 Å². The molecule has 0 N–H and O–H groups in total. The minimum absolute atomic E-state index is 0. The molecule has 2 rings (SSSR count). The average molecular weight is 284 g/mol. The fraction of sp³-hybridized carbons (Fsp3) is 0.308. The zero-order valence-corrected chi connectivity index (χ0v) is 14.2. The van der Waals surface area contributed by atoms with Crippen molar-refractivity contribution in [1.82, 2.24) is 9.55 Å². The maximum Gasteiger partial charge on any atom is 1.00 e. The normalized spacial score (nSPS) is 10.2. The third-order valence-electron chi connectivity index (χ3n) is 2.84. The molecular weight excluding hydrogens is 271 g/mol. The van der Waals surface area contributed by atoms with Crippen LogP contribution in [0.25, 0.3) is 11.0 Å². The number of carboxylic acid groups (broad SMARTS) is 1. The Bertz CT molecular complexity index is 607. The summed E-state index contributed by atoms with van der Waals surface area (Å²) in [4.78, 5) is 26.2. The summed E-state index contributed by atoms with van der Waals surface area (Å²) in [6.45, 7) is 0. The molecule has 0 aliphatic rings. The van der Waals surface area contributed by atoms with Crippen LogP contribution in [0.4, 0.5) is 0 Å². The van der Waals surface area contributed by atoms with Gasteiger partial charge in [-0.25, -0.2) is 4.98 Å². The molecule has 0 spiro atoms. The van der Waals surface area contributed by atoms with E-state index in [4.69, 9.17) is 0 Å². The number of nitrogens with zero attached hydrogens (tertiary/aromatic N) is 2. The first-order valence-electron chi connectivity index (χ1n) is 5.70. The Kier molecular flexibility index (Phi) is 6.35. The van der Waals surface area contributed by atoms with Crippen LogP contribution in [0.3, 0.4) is 0 Å². The van der Waals surface area contributed by atoms with Crippen molar-refractivity contribution in [3.8, 4) is 0 Å². The Hall–Kier alpha value is -0.534. The summed E-state index contributed by atoms with van der Waals surface area (Å²) in [7, 11) is 1.84. The number of hydrogen-bond acceptors (Lipinski definition) is 4. The second-order valence-electron chi connectivity index (χ2n) is 4.16. The zero-order chi connectivity index (χ0) is 13.1. The number of para-hydroxylation sites is 2. The predicted octanol–water partition coefficient (Wildman–Crippen LogP) is -2.78. The van der Waals surface area contributed by atoms with Gasteiger partial charge in [0.05, 0.1) is 17.5 Å². The molecule has 1 heterocycles. The van der Waals surface area contributed by atoms with Crippen molar-refractivity contribution in [2.24, 2.45) is 7.05 Å². The number of aryl methyl sites for hydroxylation is 1. The number of carboxylic acids is 1. The number of Topliss-reactive ketones (excluding diaryl/α,β-unsaturated/α-hetero) is 1. The Morgan fingerprint density at radius 2 is 1.95 bits per heavy atom. The fourth-order valence-corrected chi connectivity index (χ4v) is 1.86. The van der Waals surface area contributed by atoms with Crippen LogP contribution in [-0.4, -0.2) is 21.3 Å². The molecule has 5 nitrogen and oxygen atoms in total. The molecule has 2 aromatic rings. The number of aromatic nitrogens is 2. The first-order chi connectivity index (χ1) is 8.58. The van der Waals surface area contributed by atoms with Crippen LogP contribution < -0.4 is 56.5 Å². The number of ketones is 1. The molecule has 1 aromatic carbocycles. The molecular formula is C13H13KN2O3. The van der Waals surface area contributed by atoms with Gasteiger partial charge in [0.25, 0.3) is 0 Å². The Morgan fingerprint density at radius 1 is 1.26 bits per heavy atom. The van der Waals surface area contributed by atoms with Gasteiger partial charge >= 0.3 is 51.4 Å². The summed E-state index contributed by atoms with van der Waals surface area (Å²) in [5.41, 5.74) is 1.79. The quantitative estimate of drug-likeness (QED) is 0.557. The summed E-state index contributed by atoms with van der Waals surface area (Å²) in [5.74, 6) is -0.689. The van der Waals surface area contributed by atoms with E-state index in [2.05, 4.69) is 4.98 Å². The van der Waals surface area contributed by atoms with E-state index in [-0.39, 0.29) is 76.4 Å². The first kappa shape index (κ1) is 16.5. The van der Waals surface area contributed by atoms with Crippen LogP contribution in [-0.2, 0) is 23.1 Å². The molecule has 19 heavy (non-hydrogen) atoms. The summed E-state index contributed by atoms with van der Waals surface area (Å²) < 4.78 is 1.85. The molecule has 0 atom stereocenters. The number of carbonyl (C=O) groups is 2. The Balaban J connectivity index is 0.00000180. The molecule has 6 heteroatoms. The minimum atomic E-state index is -1.20. The predicted molar refractivity (Wildman–Crippen MR) is 63.7 cm³/mol. The number of benzene rings is 1. The average Bonchev–Trinajstić information content (AvgIpc) is 2.65. The topological polar surface area (TPSA) is 75.0 Å². The fourth-order valence-electron chi connectivity index (χ4n) is 1.86. The SMILES string of the molecule is Cn1c(CC(=O)CCC(=O)[O-])nc2ccccc21.[K+]. The Morgan fingerprint density at radius 3 is 2.58 bits per heavy atom. The van der Waals surface area contributed by atoms with E-state index < -0.39 is 5.97 Å². The van der Waals surface area contributed by atoms with Gasteiger partial charge in [0.1, 0.15) is 11.6 Å². The number of fused-ring (bicyclic) bond motifs is 1. The van der Waals surface area contributed by atoms with E-state index in [1.165, 1.54) is 0 Å². The molecule has 0 saturated carbocycles. The largest absolute Gasteiger partial charge is 1.00 e. The van der Waals surface area contributed by atoms with Crippen molar-refractivity contribution in [3.63, 3.8) is 0 Å². The second-order valence-corrected chi connectivity index (χ2v) is 4.16. The maximum absolute atomic E-state index is 11.6. The molecule has 0 aliphatic heterocycles. The maximum atomic E-state index is 11.6. The van der Waals surface area contributed by atoms with Crippen LogP contribution in [0.2, 0.25) is 0 Å². The van der Waals surface area contributed by atoms with Crippen molar-refractivity contribution in [2.45, 2.75) is 19.3 Å². The first-order valence-corrected chi connectivity index (χ1v) is 5.70. The molecule has 0 radical (unpaired) electrons. The van der Waals surface area contributed by atoms with Crippen molar-refractivity contribution < 1.29 is 66.1 Å². The number of aliphatic carboxylic acids is 1. The van der Waals surface area contributed by atoms with Crippen molar-refractivity contribution >= 4 is 22.8 Å². The molecule has 0 amide bonds. The van der Waals surface area contributed by atoms with Crippen LogP contribution >= 0.6 is 0 Å². The summed E-state index contributed by atoms with van der Waals surface area (Å²) in [6.07, 6.45) is -0.0905. The van der Waals surface area contributed by atoms with E-state index in [0.29, 0.717) is 5.82 Å². The van der Waals surface area contributed by atoms with E-state index in [1.807, 2.05) is 35.9 Å². The smallest absolute Gasteiger partial charge is 0.550 e. The van der Waals surface area contributed by atoms with Gasteiger partial charge in [-0.3, -0.25) is 4.79 Å². The van der Waals surface area contributed by atoms with Crippen molar-refractivity contribution in [3.05, 3.63) is 30.1 Å². The number of imidazole rings is 1. The Labute approximate surface area is 153 Å². The van der Waals surface area contributed by atoms with Gasteiger partial charge in [0.15, 0.2) is 0 Å². The molecule has 94 valence electrons. The van der Waals surface area contributed by atoms with E-state index >= 15 is 0 Å².